The van der Waals surface area contributed by atoms with Gasteiger partial charge in [0.15, 0.2) is 23.2 Å². The van der Waals surface area contributed by atoms with Crippen LogP contribution in [0.2, 0.25) is 0 Å². The third-order valence-electron chi connectivity index (χ3n) is 3.42. The SMILES string of the molecule is CSC(F)[C@H]1O[C@@H](n2cnc3c(N)ncnc32)[C@H](O)[C@@H]1O. The van der Waals surface area contributed by atoms with E-state index in [0.29, 0.717) is 11.2 Å². The number of nitrogen functional groups attached to an aromatic ring is 1. The van der Waals surface area contributed by atoms with Crippen LogP contribution in [0.5, 0.6) is 0 Å². The number of hydrogen-bond donors (Lipinski definition) is 3. The van der Waals surface area contributed by atoms with Crippen LogP contribution in [0, 0.1) is 0 Å². The molecule has 1 aliphatic rings. The van der Waals surface area contributed by atoms with E-state index in [0.717, 1.165) is 11.8 Å². The van der Waals surface area contributed by atoms with Gasteiger partial charge in [-0.15, -0.1) is 11.8 Å². The van der Waals surface area contributed by atoms with Crippen LogP contribution in [0.3, 0.4) is 0 Å². The van der Waals surface area contributed by atoms with E-state index >= 15 is 0 Å². The van der Waals surface area contributed by atoms with Gasteiger partial charge in [0, 0.05) is 0 Å². The number of thioether (sulfide) groups is 1. The summed E-state index contributed by atoms with van der Waals surface area (Å²) in [4.78, 5) is 11.9. The number of ether oxygens (including phenoxy) is 1. The quantitative estimate of drug-likeness (QED) is 0.705. The summed E-state index contributed by atoms with van der Waals surface area (Å²) in [6, 6.07) is 0. The van der Waals surface area contributed by atoms with Crippen molar-refractivity contribution in [1.82, 2.24) is 19.5 Å². The van der Waals surface area contributed by atoms with Crippen LogP contribution in [0.1, 0.15) is 6.23 Å². The second-order valence-electron chi connectivity index (χ2n) is 4.64. The molecule has 2 aromatic rings. The number of aliphatic hydroxyl groups is 2. The van der Waals surface area contributed by atoms with Gasteiger partial charge < -0.3 is 20.7 Å². The molecule has 0 radical (unpaired) electrons. The van der Waals surface area contributed by atoms with Crippen LogP contribution in [-0.2, 0) is 4.74 Å². The average Bonchev–Trinajstić information content (AvgIpc) is 3.02. The van der Waals surface area contributed by atoms with E-state index in [1.165, 1.54) is 17.2 Å². The summed E-state index contributed by atoms with van der Waals surface area (Å²) >= 11 is 0.900. The van der Waals surface area contributed by atoms with E-state index < -0.39 is 30.0 Å². The molecule has 5 atom stereocenters. The third kappa shape index (κ3) is 2.24. The summed E-state index contributed by atoms with van der Waals surface area (Å²) in [5.74, 6) is 0.191. The summed E-state index contributed by atoms with van der Waals surface area (Å²) in [6.45, 7) is 0. The molecule has 0 aromatic carbocycles. The van der Waals surface area contributed by atoms with Gasteiger partial charge in [-0.2, -0.15) is 0 Å². The molecular formula is C11H14FN5O3S. The molecule has 1 fully saturated rings. The van der Waals surface area contributed by atoms with Crippen LogP contribution in [0.25, 0.3) is 11.2 Å². The zero-order chi connectivity index (χ0) is 15.1. The Balaban J connectivity index is 1.98. The first kappa shape index (κ1) is 14.4. The van der Waals surface area contributed by atoms with Crippen LogP contribution in [-0.4, -0.2) is 59.8 Å². The van der Waals surface area contributed by atoms with Gasteiger partial charge in [0.2, 0.25) is 0 Å². The predicted molar refractivity (Wildman–Crippen MR) is 74.1 cm³/mol. The van der Waals surface area contributed by atoms with E-state index in [2.05, 4.69) is 15.0 Å². The number of alkyl halides is 1. The van der Waals surface area contributed by atoms with Crippen LogP contribution in [0.4, 0.5) is 10.2 Å². The number of nitrogens with two attached hydrogens (primary N) is 1. The zero-order valence-electron chi connectivity index (χ0n) is 11.0. The van der Waals surface area contributed by atoms with Gasteiger partial charge in [0.1, 0.15) is 30.2 Å². The largest absolute Gasteiger partial charge is 0.387 e. The lowest BCUT2D eigenvalue weighted by atomic mass is 10.1. The zero-order valence-corrected chi connectivity index (χ0v) is 11.8. The van der Waals surface area contributed by atoms with Crippen molar-refractivity contribution in [3.63, 3.8) is 0 Å². The second kappa shape index (κ2) is 5.37. The van der Waals surface area contributed by atoms with Crippen molar-refractivity contribution >= 4 is 28.7 Å². The summed E-state index contributed by atoms with van der Waals surface area (Å²) in [6.07, 6.45) is -0.578. The van der Waals surface area contributed by atoms with Crippen LogP contribution >= 0.6 is 11.8 Å². The number of aliphatic hydroxyl groups excluding tert-OH is 2. The highest BCUT2D eigenvalue weighted by Crippen LogP contribution is 2.36. The fourth-order valence-corrected chi connectivity index (χ4v) is 2.82. The maximum Gasteiger partial charge on any atom is 0.174 e. The van der Waals surface area contributed by atoms with Crippen molar-refractivity contribution in [2.75, 3.05) is 12.0 Å². The Morgan fingerprint density at radius 1 is 1.38 bits per heavy atom. The van der Waals surface area contributed by atoms with Gasteiger partial charge >= 0.3 is 0 Å². The summed E-state index contributed by atoms with van der Waals surface area (Å²) in [5.41, 5.74) is 4.94. The third-order valence-corrected chi connectivity index (χ3v) is 4.14. The van der Waals surface area contributed by atoms with Crippen LogP contribution < -0.4 is 5.73 Å². The molecule has 0 spiro atoms. The van der Waals surface area contributed by atoms with Gasteiger partial charge in [-0.1, -0.05) is 0 Å². The normalized spacial score (nSPS) is 30.9. The molecule has 10 heteroatoms. The Hall–Kier alpha value is -1.49. The van der Waals surface area contributed by atoms with Crippen molar-refractivity contribution < 1.29 is 19.3 Å². The Morgan fingerprint density at radius 3 is 2.86 bits per heavy atom. The number of rotatable bonds is 3. The fourth-order valence-electron chi connectivity index (χ4n) is 2.32. The molecule has 1 aliphatic heterocycles. The molecule has 3 rings (SSSR count). The number of fused-ring (bicyclic) bond motifs is 1. The molecule has 21 heavy (non-hydrogen) atoms. The molecule has 0 aliphatic carbocycles. The van der Waals surface area contributed by atoms with E-state index in [1.54, 1.807) is 6.26 Å². The molecule has 0 saturated carbocycles. The lowest BCUT2D eigenvalue weighted by molar-refractivity contribution is -0.0460. The molecule has 0 amide bonds. The highest BCUT2D eigenvalue weighted by atomic mass is 32.2. The van der Waals surface area contributed by atoms with E-state index in [9.17, 15) is 14.6 Å². The molecule has 1 unspecified atom stereocenters. The monoisotopic (exact) mass is 315 g/mol. The Kier molecular flexibility index (Phi) is 3.69. The topological polar surface area (TPSA) is 119 Å². The standard InChI is InChI=1S/C11H14FN5O3S/c1-21-8(12)7-5(18)6(19)11(20-7)17-3-16-4-9(13)14-2-15-10(4)17/h2-3,5-8,11,18-19H,1H3,(H2,13,14,15)/t5-,6+,7-,8?,11+/m0/s1. The molecule has 0 bridgehead atoms. The van der Waals surface area contributed by atoms with E-state index in [4.69, 9.17) is 10.5 Å². The van der Waals surface area contributed by atoms with E-state index in [-0.39, 0.29) is 5.82 Å². The van der Waals surface area contributed by atoms with Crippen molar-refractivity contribution in [3.8, 4) is 0 Å². The lowest BCUT2D eigenvalue weighted by Crippen LogP contribution is -2.35. The molecular weight excluding hydrogens is 301 g/mol. The Bertz CT molecular complexity index is 656. The molecule has 4 N–H and O–H groups in total. The molecule has 2 aromatic heterocycles. The fraction of sp³-hybridized carbons (Fsp3) is 0.545. The van der Waals surface area contributed by atoms with E-state index in [1.807, 2.05) is 0 Å². The minimum Gasteiger partial charge on any atom is -0.387 e. The minimum atomic E-state index is -1.45. The van der Waals surface area contributed by atoms with Gasteiger partial charge in [-0.3, -0.25) is 4.57 Å². The van der Waals surface area contributed by atoms with Crippen molar-refractivity contribution in [2.45, 2.75) is 30.0 Å². The first-order chi connectivity index (χ1) is 10.0. The molecule has 1 saturated heterocycles. The van der Waals surface area contributed by atoms with Gasteiger partial charge in [-0.05, 0) is 6.26 Å². The number of anilines is 1. The maximum atomic E-state index is 13.8. The molecule has 3 heterocycles. The summed E-state index contributed by atoms with van der Waals surface area (Å²) < 4.78 is 20.6. The Labute approximate surface area is 123 Å². The molecule has 8 nitrogen and oxygen atoms in total. The smallest absolute Gasteiger partial charge is 0.174 e. The highest BCUT2D eigenvalue weighted by Gasteiger charge is 2.47. The minimum absolute atomic E-state index is 0.191. The average molecular weight is 315 g/mol. The molecule has 114 valence electrons. The van der Waals surface area contributed by atoms with Gasteiger partial charge in [-0.25, -0.2) is 19.3 Å². The summed E-state index contributed by atoms with van der Waals surface area (Å²) in [7, 11) is 0. The number of hydrogen-bond acceptors (Lipinski definition) is 8. The first-order valence-corrected chi connectivity index (χ1v) is 7.45. The number of aromatic nitrogens is 4. The van der Waals surface area contributed by atoms with Gasteiger partial charge in [0.25, 0.3) is 0 Å². The second-order valence-corrected chi connectivity index (χ2v) is 5.56. The number of halogens is 1. The van der Waals surface area contributed by atoms with Crippen molar-refractivity contribution in [3.05, 3.63) is 12.7 Å². The van der Waals surface area contributed by atoms with Crippen molar-refractivity contribution in [1.29, 1.82) is 0 Å². The first-order valence-electron chi connectivity index (χ1n) is 6.16. The highest BCUT2D eigenvalue weighted by molar-refractivity contribution is 7.99. The van der Waals surface area contributed by atoms with Gasteiger partial charge in [0.05, 0.1) is 6.33 Å². The van der Waals surface area contributed by atoms with Crippen LogP contribution in [0.15, 0.2) is 12.7 Å². The number of nitrogens with zero attached hydrogens (tertiary/aromatic N) is 4. The summed E-state index contributed by atoms with van der Waals surface area (Å²) in [5, 5.41) is 20.0. The Morgan fingerprint density at radius 2 is 2.14 bits per heavy atom. The maximum absolute atomic E-state index is 13.8. The predicted octanol–water partition coefficient (Wildman–Crippen LogP) is -0.314. The number of imidazole rings is 1. The lowest BCUT2D eigenvalue weighted by Gasteiger charge is -2.17. The van der Waals surface area contributed by atoms with Crippen molar-refractivity contribution in [2.24, 2.45) is 0 Å².